The van der Waals surface area contributed by atoms with Crippen molar-refractivity contribution >= 4 is 101 Å². The van der Waals surface area contributed by atoms with Crippen LogP contribution in [-0.4, -0.2) is 222 Å². The number of carboxylic acids is 2. The number of nitrogens with zero attached hydrogens (tertiary/aromatic N) is 17. The second-order valence-corrected chi connectivity index (χ2v) is 30.0. The molecule has 48 heteroatoms. The van der Waals surface area contributed by atoms with Crippen LogP contribution in [0.1, 0.15) is 155 Å². The van der Waals surface area contributed by atoms with Gasteiger partial charge in [-0.15, -0.1) is 27.7 Å². The predicted molar refractivity (Wildman–Crippen MR) is 531 cm³/mol. The number of aromatic amines is 3. The van der Waals surface area contributed by atoms with Gasteiger partial charge in [-0.05, 0) is 176 Å². The molecule has 0 unspecified atom stereocenters. The minimum atomic E-state index is -1.17. The average molecular weight is 2050 g/mol. The Hall–Kier alpha value is -20.2. The van der Waals surface area contributed by atoms with Gasteiger partial charge in [-0.1, -0.05) is 84.9 Å². The number of carbonyl (C=O) groups is 11. The van der Waals surface area contributed by atoms with E-state index in [4.69, 9.17) is 83.7 Å². The van der Waals surface area contributed by atoms with E-state index >= 15 is 0 Å². The molecule has 0 fully saturated rings. The summed E-state index contributed by atoms with van der Waals surface area (Å²) in [5, 5.41) is 117. The molecule has 2 atom stereocenters. The lowest BCUT2D eigenvalue weighted by Gasteiger charge is -2.18. The van der Waals surface area contributed by atoms with E-state index in [1.165, 1.54) is 16.9 Å². The fourth-order valence-corrected chi connectivity index (χ4v) is 12.2. The Morgan fingerprint density at radius 3 is 1.21 bits per heavy atom. The molecular weight excluding hydrogens is 1950 g/mol. The fraction of sp³-hybridized carbons (Fsp3) is 0.228. The molecule has 149 heavy (non-hydrogen) atoms. The number of pyridine rings is 2. The Morgan fingerprint density at radius 1 is 0.463 bits per heavy atom. The summed E-state index contributed by atoms with van der Waals surface area (Å²) < 4.78 is 34.0. The summed E-state index contributed by atoms with van der Waals surface area (Å²) in [6.07, 6.45) is 4.91. The lowest BCUT2D eigenvalue weighted by atomic mass is 10.1. The maximum absolute atomic E-state index is 12.7. The number of aromatic carboxylic acids is 1. The standard InChI is InChI=1S/C20H17N7O3.C14H15N3O3.C13H12N4O2.C11H8N4O2.C10H9NO2.C9H11N3O2.C9H9N3O.C9H7NO2.C6H11NO3.ClH/c1-27-18-15(6-3-7-22-18)30-11-14(20(27)29)23-19(28)17-24-16(25-26-17)9-12-4-2-5-13(8-12)10-21;1-2-20-14(19)12(16)9-17-13(18)7-10-4-3-5-11(6-10)8-15;1-2-19-13(18)12-15-11(16-17-12)7-9-4-3-5-10(6-9)8-14;12-6-8-3-1-2-7(4-8)5-9-13-10(11(16)17)15-14-9;1-13-10(12)6-8-3-2-4-9(5-8)7-11;1-12-8-7(3-2-4-11-8)14-5-6(10)9(12)13;10-6-8-3-1-2-7(4-8)5-9(13)12-11;10-6-8-3-1-2-7(4-8)5-9(11)12;1-3-9-5(7)6(8)10-4-2;/h2-8,14H,9,11H2,1H3,(H,23,28)(H,24,25,26);3-6,16H,2,7,9H2,1H3,(H,17,18);3-6H,2,7H2,1H3,(H,15,16,17);1-4H,5H2,(H,16,17)(H,13,14,15);2-5H,6H2,1H3;2-4,6H,5,10H2,1H3;1-4H,5,11H2,(H,12,13);1-4H,5H2,(H,11,12);7H,3-4H2,1-2H3;1H/t14-;;;;;6-;;;;/m0....0..../s1. The quantitative estimate of drug-likeness (QED) is 0.00507. The summed E-state index contributed by atoms with van der Waals surface area (Å²) >= 11 is 0. The van der Waals surface area contributed by atoms with E-state index in [-0.39, 0.29) is 130 Å². The molecule has 12 aromatic rings. The number of esters is 4. The molecule has 5 amide bonds. The normalized spacial score (nSPS) is 11.6. The second kappa shape index (κ2) is 64.3. The summed E-state index contributed by atoms with van der Waals surface area (Å²) in [5.74, 6) is 1.56. The number of H-pyrrole nitrogens is 3. The van der Waals surface area contributed by atoms with Crippen molar-refractivity contribution in [1.29, 1.82) is 47.7 Å². The van der Waals surface area contributed by atoms with E-state index in [0.29, 0.717) is 117 Å². The highest BCUT2D eigenvalue weighted by Crippen LogP contribution is 2.29. The van der Waals surface area contributed by atoms with Gasteiger partial charge in [0.2, 0.25) is 23.5 Å². The predicted octanol–water partition coefficient (Wildman–Crippen LogP) is 7.32. The molecule has 0 saturated carbocycles. The molecule has 0 aliphatic carbocycles. The van der Waals surface area contributed by atoms with Crippen LogP contribution in [0.25, 0.3) is 0 Å². The first-order chi connectivity index (χ1) is 71.2. The minimum absolute atomic E-state index is 0. The van der Waals surface area contributed by atoms with Crippen LogP contribution in [0.3, 0.4) is 0 Å². The van der Waals surface area contributed by atoms with E-state index in [1.54, 1.807) is 230 Å². The van der Waals surface area contributed by atoms with Crippen LogP contribution in [0.5, 0.6) is 11.5 Å². The molecule has 2 aliphatic rings. The SMILES string of the molecule is CCOC(=N)C(=O)OCC.CCOC(=O)C(=N)CNC(=O)Cc1cccc(C#N)c1.CCOC(=O)c1n[nH]c(Cc2cccc(C#N)c2)n1.CN1C(=O)[C@@H](N)COc2cccnc21.CN1C(=O)[C@@H](NC(=O)c2n[nH]c(Cc3cccc(C#N)c3)n2)COc2cccnc21.COC(=O)Cc1cccc(C#N)c1.Cl.N#Cc1cccc(CC(=O)NN)c1.N#Cc1cccc(CC(=O)O)c1.N#Cc1cccc(Cc2nc(C(=O)O)n[nH]2)c1. The van der Waals surface area contributed by atoms with E-state index in [2.05, 4.69) is 97.2 Å². The van der Waals surface area contributed by atoms with Crippen molar-refractivity contribution in [2.75, 3.05) is 77.2 Å². The molecule has 14 N–H and O–H groups in total. The van der Waals surface area contributed by atoms with Gasteiger partial charge in [0, 0.05) is 45.8 Å². The zero-order chi connectivity index (χ0) is 108. The number of methoxy groups -OCH3 is 1. The van der Waals surface area contributed by atoms with Gasteiger partial charge in [-0.2, -0.15) is 36.8 Å². The van der Waals surface area contributed by atoms with E-state index in [0.717, 1.165) is 27.8 Å². The zero-order valence-electron chi connectivity index (χ0n) is 81.1. The lowest BCUT2D eigenvalue weighted by molar-refractivity contribution is -0.140. The van der Waals surface area contributed by atoms with Crippen molar-refractivity contribution in [1.82, 2.24) is 71.6 Å². The zero-order valence-corrected chi connectivity index (χ0v) is 81.9. The molecular formula is C101H100ClN27O20. The van der Waals surface area contributed by atoms with Gasteiger partial charge in [-0.25, -0.2) is 49.9 Å². The van der Waals surface area contributed by atoms with Crippen LogP contribution < -0.4 is 46.9 Å². The topological polar surface area (TPSA) is 752 Å². The summed E-state index contributed by atoms with van der Waals surface area (Å²) in [5.41, 5.74) is 16.7. The van der Waals surface area contributed by atoms with Crippen LogP contribution in [0.2, 0.25) is 0 Å². The number of nitrogens with one attached hydrogen (secondary N) is 8. The van der Waals surface area contributed by atoms with Crippen LogP contribution in [0.15, 0.2) is 207 Å². The molecule has 5 aromatic heterocycles. The lowest BCUT2D eigenvalue weighted by Crippen LogP contribution is -2.49. The smallest absolute Gasteiger partial charge is 0.393 e. The van der Waals surface area contributed by atoms with E-state index in [1.807, 2.05) is 54.0 Å². The van der Waals surface area contributed by atoms with Crippen LogP contribution in [0, 0.1) is 90.1 Å². The summed E-state index contributed by atoms with van der Waals surface area (Å²) in [4.78, 5) is 147. The Balaban J connectivity index is 0.000000300. The van der Waals surface area contributed by atoms with E-state index in [9.17, 15) is 52.7 Å². The fourth-order valence-electron chi connectivity index (χ4n) is 12.2. The van der Waals surface area contributed by atoms with Crippen LogP contribution >= 0.6 is 12.4 Å². The number of anilines is 2. The first-order valence-electron chi connectivity index (χ1n) is 44.2. The Morgan fingerprint density at radius 2 is 0.819 bits per heavy atom. The second-order valence-electron chi connectivity index (χ2n) is 30.0. The number of carbonyl (C=O) groups excluding carboxylic acids is 9. The highest BCUT2D eigenvalue weighted by molar-refractivity contribution is 6.36. The number of rotatable bonds is 25. The van der Waals surface area contributed by atoms with Gasteiger partial charge in [0.15, 0.2) is 23.1 Å². The molecule has 7 heterocycles. The summed E-state index contributed by atoms with van der Waals surface area (Å²) in [7, 11) is 4.56. The number of likely N-dealkylation sites (N-methyl/N-ethyl adjacent to an activating group) is 2. The molecule has 0 bridgehead atoms. The average Bonchev–Trinajstić information content (AvgIpc) is 1.68. The Kier molecular flexibility index (Phi) is 51.5. The maximum atomic E-state index is 12.7. The van der Waals surface area contributed by atoms with Crippen molar-refractivity contribution in [3.63, 3.8) is 0 Å². The third-order valence-electron chi connectivity index (χ3n) is 19.1. The number of fused-ring (bicyclic) bond motifs is 2. The highest BCUT2D eigenvalue weighted by Gasteiger charge is 2.33. The van der Waals surface area contributed by atoms with E-state index < -0.39 is 53.7 Å². The first-order valence-corrected chi connectivity index (χ1v) is 44.2. The Labute approximate surface area is 858 Å². The highest BCUT2D eigenvalue weighted by atomic mass is 35.5. The van der Waals surface area contributed by atoms with Crippen molar-refractivity contribution in [2.24, 2.45) is 11.6 Å². The molecule has 0 radical (unpaired) electrons. The van der Waals surface area contributed by atoms with Gasteiger partial charge >= 0.3 is 35.8 Å². The minimum Gasteiger partial charge on any atom is -0.488 e. The monoisotopic (exact) mass is 2050 g/mol. The van der Waals surface area contributed by atoms with Gasteiger partial charge in [-0.3, -0.25) is 74.9 Å². The molecule has 766 valence electrons. The molecule has 0 spiro atoms. The summed E-state index contributed by atoms with van der Waals surface area (Å²) in [6, 6.07) is 67.9. The molecule has 47 nitrogen and oxygen atoms in total. The van der Waals surface area contributed by atoms with Gasteiger partial charge < -0.3 is 59.7 Å². The molecule has 2 aliphatic heterocycles. The van der Waals surface area contributed by atoms with Crippen molar-refractivity contribution in [2.45, 2.75) is 84.7 Å². The number of hydrazine groups is 1. The number of hydrogen-bond acceptors (Lipinski definition) is 37. The number of ether oxygens (including phenoxy) is 7. The maximum Gasteiger partial charge on any atom is 0.393 e. The van der Waals surface area contributed by atoms with Crippen molar-refractivity contribution in [3.8, 4) is 54.0 Å². The number of carboxylic acid groups (broad SMARTS) is 2. The number of aromatic nitrogens is 11. The Bertz CT molecular complexity index is 6890. The number of nitriles is 7. The van der Waals surface area contributed by atoms with Crippen molar-refractivity contribution < 1.29 is 96.1 Å². The van der Waals surface area contributed by atoms with Crippen LogP contribution in [-0.2, 0) is 107 Å². The number of hydrogen-bond donors (Lipinski definition) is 12. The van der Waals surface area contributed by atoms with Gasteiger partial charge in [0.05, 0.1) is 147 Å². The summed E-state index contributed by atoms with van der Waals surface area (Å²) in [6.45, 7) is 7.80. The molecule has 0 saturated heterocycles. The first kappa shape index (κ1) is 119. The third kappa shape index (κ3) is 41.9. The third-order valence-corrected chi connectivity index (χ3v) is 19.1. The van der Waals surface area contributed by atoms with Gasteiger partial charge in [0.1, 0.15) is 48.5 Å². The largest absolute Gasteiger partial charge is 0.488 e. The van der Waals surface area contributed by atoms with Crippen LogP contribution in [0.4, 0.5) is 11.6 Å². The van der Waals surface area contributed by atoms with Crippen molar-refractivity contribution in [3.05, 3.63) is 319 Å². The van der Waals surface area contributed by atoms with Gasteiger partial charge in [0.25, 0.3) is 29.4 Å². The number of nitrogens with two attached hydrogens (primary N) is 2. The number of aliphatic carboxylic acids is 1. The molecule has 14 rings (SSSR count). The number of amides is 5. The number of benzene rings is 7. The molecule has 7 aromatic carbocycles. The number of halogens is 1.